The standard InChI is InChI=1S/C8H12N2O4S/c1-8(2,7(11)12)10-15(13,14)6-3-4-9-5-6/h3-5,9-10H,1-2H3,(H,11,12). The Morgan fingerprint density at radius 2 is 2.13 bits per heavy atom. The summed E-state index contributed by atoms with van der Waals surface area (Å²) in [4.78, 5) is 13.3. The molecule has 0 aliphatic rings. The second-order valence-corrected chi connectivity index (χ2v) is 5.26. The van der Waals surface area contributed by atoms with Crippen molar-refractivity contribution in [3.05, 3.63) is 18.5 Å². The summed E-state index contributed by atoms with van der Waals surface area (Å²) in [6.07, 6.45) is 2.72. The molecule has 0 aromatic carbocycles. The second kappa shape index (κ2) is 3.67. The fraction of sp³-hybridized carbons (Fsp3) is 0.375. The number of aliphatic carboxylic acids is 1. The number of aromatic amines is 1. The Morgan fingerprint density at radius 1 is 1.53 bits per heavy atom. The molecule has 1 aromatic rings. The summed E-state index contributed by atoms with van der Waals surface area (Å²) >= 11 is 0. The Morgan fingerprint density at radius 3 is 2.53 bits per heavy atom. The third kappa shape index (κ3) is 2.57. The molecule has 0 amide bonds. The van der Waals surface area contributed by atoms with E-state index < -0.39 is 21.5 Å². The molecule has 3 N–H and O–H groups in total. The highest BCUT2D eigenvalue weighted by Crippen LogP contribution is 2.12. The van der Waals surface area contributed by atoms with E-state index in [4.69, 9.17) is 5.11 Å². The van der Waals surface area contributed by atoms with Crippen LogP contribution in [0.5, 0.6) is 0 Å². The first-order chi connectivity index (χ1) is 6.76. The zero-order valence-electron chi connectivity index (χ0n) is 8.31. The first kappa shape index (κ1) is 11.7. The molecule has 6 nitrogen and oxygen atoms in total. The minimum Gasteiger partial charge on any atom is -0.480 e. The van der Waals surface area contributed by atoms with Crippen LogP contribution >= 0.6 is 0 Å². The lowest BCUT2D eigenvalue weighted by molar-refractivity contribution is -0.142. The first-order valence-corrected chi connectivity index (χ1v) is 5.64. The molecule has 0 saturated carbocycles. The number of rotatable bonds is 4. The van der Waals surface area contributed by atoms with Gasteiger partial charge in [-0.15, -0.1) is 0 Å². The van der Waals surface area contributed by atoms with Gasteiger partial charge in [0, 0.05) is 12.4 Å². The van der Waals surface area contributed by atoms with Gasteiger partial charge in [0.25, 0.3) is 0 Å². The molecule has 0 bridgehead atoms. The largest absolute Gasteiger partial charge is 0.480 e. The van der Waals surface area contributed by atoms with E-state index in [2.05, 4.69) is 9.71 Å². The van der Waals surface area contributed by atoms with Crippen LogP contribution < -0.4 is 4.72 Å². The number of aromatic nitrogens is 1. The third-order valence-electron chi connectivity index (χ3n) is 1.80. The van der Waals surface area contributed by atoms with Gasteiger partial charge < -0.3 is 10.1 Å². The molecule has 0 fully saturated rings. The molecule has 0 aliphatic heterocycles. The summed E-state index contributed by atoms with van der Waals surface area (Å²) in [7, 11) is -3.78. The van der Waals surface area contributed by atoms with Crippen molar-refractivity contribution in [2.24, 2.45) is 0 Å². The Kier molecular flexibility index (Phi) is 2.87. The normalized spacial score (nSPS) is 12.7. The minimum absolute atomic E-state index is 0.0109. The van der Waals surface area contributed by atoms with Crippen LogP contribution in [-0.4, -0.2) is 30.0 Å². The predicted molar refractivity (Wildman–Crippen MR) is 52.8 cm³/mol. The monoisotopic (exact) mass is 232 g/mol. The van der Waals surface area contributed by atoms with Crippen molar-refractivity contribution in [1.82, 2.24) is 9.71 Å². The number of nitrogens with one attached hydrogen (secondary N) is 2. The van der Waals surface area contributed by atoms with E-state index in [9.17, 15) is 13.2 Å². The highest BCUT2D eigenvalue weighted by atomic mass is 32.2. The summed E-state index contributed by atoms with van der Waals surface area (Å²) in [5.41, 5.74) is -1.53. The van der Waals surface area contributed by atoms with E-state index in [-0.39, 0.29) is 4.90 Å². The molecule has 0 radical (unpaired) electrons. The van der Waals surface area contributed by atoms with Gasteiger partial charge in [-0.3, -0.25) is 4.79 Å². The van der Waals surface area contributed by atoms with Gasteiger partial charge >= 0.3 is 5.97 Å². The molecule has 15 heavy (non-hydrogen) atoms. The quantitative estimate of drug-likeness (QED) is 0.688. The van der Waals surface area contributed by atoms with Crippen molar-refractivity contribution in [3.63, 3.8) is 0 Å². The zero-order valence-corrected chi connectivity index (χ0v) is 9.13. The molecule has 0 aliphatic carbocycles. The van der Waals surface area contributed by atoms with Crippen LogP contribution in [0.3, 0.4) is 0 Å². The van der Waals surface area contributed by atoms with E-state index >= 15 is 0 Å². The SMILES string of the molecule is CC(C)(NS(=O)(=O)c1cc[nH]c1)C(=O)O. The molecular formula is C8H12N2O4S. The summed E-state index contributed by atoms with van der Waals surface area (Å²) in [5.74, 6) is -1.23. The van der Waals surface area contributed by atoms with Crippen LogP contribution in [0.15, 0.2) is 23.4 Å². The van der Waals surface area contributed by atoms with E-state index in [1.807, 2.05) is 0 Å². The summed E-state index contributed by atoms with van der Waals surface area (Å²) in [6.45, 7) is 2.55. The number of sulfonamides is 1. The van der Waals surface area contributed by atoms with E-state index in [1.54, 1.807) is 0 Å². The first-order valence-electron chi connectivity index (χ1n) is 4.16. The van der Waals surface area contributed by atoms with Gasteiger partial charge in [-0.1, -0.05) is 0 Å². The summed E-state index contributed by atoms with van der Waals surface area (Å²) in [5, 5.41) is 8.77. The predicted octanol–water partition coefficient (Wildman–Crippen LogP) is 0.156. The van der Waals surface area contributed by atoms with Crippen LogP contribution in [-0.2, 0) is 14.8 Å². The Hall–Kier alpha value is -1.34. The molecule has 84 valence electrons. The second-order valence-electron chi connectivity index (χ2n) is 3.58. The number of hydrogen-bond acceptors (Lipinski definition) is 3. The van der Waals surface area contributed by atoms with Crippen molar-refractivity contribution in [2.75, 3.05) is 0 Å². The highest BCUT2D eigenvalue weighted by Gasteiger charge is 2.33. The molecule has 0 saturated heterocycles. The molecule has 7 heteroatoms. The Balaban J connectivity index is 2.97. The van der Waals surface area contributed by atoms with Crippen molar-refractivity contribution >= 4 is 16.0 Å². The fourth-order valence-electron chi connectivity index (χ4n) is 0.914. The van der Waals surface area contributed by atoms with Crippen LogP contribution in [0, 0.1) is 0 Å². The van der Waals surface area contributed by atoms with Gasteiger partial charge in [0.05, 0.1) is 4.90 Å². The Bertz CT molecular complexity index is 447. The topological polar surface area (TPSA) is 99.3 Å². The molecular weight excluding hydrogens is 220 g/mol. The lowest BCUT2D eigenvalue weighted by Crippen LogP contribution is -2.49. The summed E-state index contributed by atoms with van der Waals surface area (Å²) < 4.78 is 25.3. The van der Waals surface area contributed by atoms with Crippen LogP contribution in [0.1, 0.15) is 13.8 Å². The van der Waals surface area contributed by atoms with Crippen molar-refractivity contribution in [1.29, 1.82) is 0 Å². The lowest BCUT2D eigenvalue weighted by atomic mass is 10.1. The minimum atomic E-state index is -3.78. The van der Waals surface area contributed by atoms with Crippen LogP contribution in [0.4, 0.5) is 0 Å². The van der Waals surface area contributed by atoms with Gasteiger partial charge in [0.2, 0.25) is 10.0 Å². The fourth-order valence-corrected chi connectivity index (χ4v) is 2.26. The smallest absolute Gasteiger partial charge is 0.324 e. The van der Waals surface area contributed by atoms with Crippen molar-refractivity contribution < 1.29 is 18.3 Å². The summed E-state index contributed by atoms with van der Waals surface area (Å²) in [6, 6.07) is 1.35. The third-order valence-corrected chi connectivity index (χ3v) is 3.46. The van der Waals surface area contributed by atoms with Gasteiger partial charge in [-0.2, -0.15) is 4.72 Å². The van der Waals surface area contributed by atoms with E-state index in [0.717, 1.165) is 0 Å². The molecule has 1 heterocycles. The van der Waals surface area contributed by atoms with E-state index in [1.165, 1.54) is 32.3 Å². The van der Waals surface area contributed by atoms with Gasteiger partial charge in [0.1, 0.15) is 5.54 Å². The highest BCUT2D eigenvalue weighted by molar-refractivity contribution is 7.89. The molecule has 1 aromatic heterocycles. The number of carboxylic acids is 1. The van der Waals surface area contributed by atoms with Gasteiger partial charge in [-0.25, -0.2) is 8.42 Å². The maximum atomic E-state index is 11.6. The number of carbonyl (C=O) groups is 1. The van der Waals surface area contributed by atoms with Gasteiger partial charge in [-0.05, 0) is 19.9 Å². The molecule has 0 spiro atoms. The van der Waals surface area contributed by atoms with Crippen molar-refractivity contribution in [2.45, 2.75) is 24.3 Å². The van der Waals surface area contributed by atoms with Crippen LogP contribution in [0.25, 0.3) is 0 Å². The molecule has 0 atom stereocenters. The number of hydrogen-bond donors (Lipinski definition) is 3. The molecule has 1 rings (SSSR count). The average Bonchev–Trinajstić information content (AvgIpc) is 2.53. The Labute approximate surface area is 87.4 Å². The maximum Gasteiger partial charge on any atom is 0.324 e. The van der Waals surface area contributed by atoms with Crippen molar-refractivity contribution in [3.8, 4) is 0 Å². The lowest BCUT2D eigenvalue weighted by Gasteiger charge is -2.20. The number of carboxylic acid groups (broad SMARTS) is 1. The zero-order chi connectivity index (χ0) is 11.7. The number of H-pyrrole nitrogens is 1. The maximum absolute atomic E-state index is 11.6. The van der Waals surface area contributed by atoms with E-state index in [0.29, 0.717) is 0 Å². The molecule has 0 unspecified atom stereocenters. The average molecular weight is 232 g/mol. The van der Waals surface area contributed by atoms with Gasteiger partial charge in [0.15, 0.2) is 0 Å². The van der Waals surface area contributed by atoms with Crippen LogP contribution in [0.2, 0.25) is 0 Å².